The van der Waals surface area contributed by atoms with Crippen LogP contribution in [-0.4, -0.2) is 63.3 Å². The van der Waals surface area contributed by atoms with Crippen LogP contribution >= 0.6 is 24.0 Å². The van der Waals surface area contributed by atoms with E-state index in [0.717, 1.165) is 71.0 Å². The van der Waals surface area contributed by atoms with E-state index in [1.54, 1.807) is 0 Å². The minimum atomic E-state index is -0.0851. The third-order valence-electron chi connectivity index (χ3n) is 4.42. The summed E-state index contributed by atoms with van der Waals surface area (Å²) in [6.45, 7) is 7.00. The van der Waals surface area contributed by atoms with Gasteiger partial charge in [0.1, 0.15) is 0 Å². The number of esters is 1. The average molecular weight is 451 g/mol. The molecule has 2 aliphatic rings. The Balaban J connectivity index is 0.00000288. The van der Waals surface area contributed by atoms with Crippen molar-refractivity contribution in [2.45, 2.75) is 32.6 Å². The molecular weight excluding hydrogens is 421 g/mol. The SMILES string of the molecule is CCNC(=NCCC1=CCOCC1)N1CCC(C(=O)OC)CC1.I. The van der Waals surface area contributed by atoms with Crippen molar-refractivity contribution in [1.82, 2.24) is 10.2 Å². The molecule has 0 unspecified atom stereocenters. The lowest BCUT2D eigenvalue weighted by atomic mass is 9.97. The molecule has 7 heteroatoms. The maximum absolute atomic E-state index is 11.6. The van der Waals surface area contributed by atoms with E-state index in [0.29, 0.717) is 0 Å². The molecule has 0 aromatic heterocycles. The Morgan fingerprint density at radius 2 is 2.21 bits per heavy atom. The number of nitrogens with zero attached hydrogens (tertiary/aromatic N) is 2. The molecule has 0 aromatic rings. The van der Waals surface area contributed by atoms with Crippen LogP contribution in [0.4, 0.5) is 0 Å². The van der Waals surface area contributed by atoms with Crippen LogP contribution in [0.2, 0.25) is 0 Å². The molecule has 0 radical (unpaired) electrons. The number of piperidine rings is 1. The number of nitrogens with one attached hydrogen (secondary N) is 1. The van der Waals surface area contributed by atoms with Crippen molar-refractivity contribution >= 4 is 35.9 Å². The number of aliphatic imine (C=N–C) groups is 1. The predicted molar refractivity (Wildman–Crippen MR) is 106 cm³/mol. The lowest BCUT2D eigenvalue weighted by Gasteiger charge is -2.33. The van der Waals surface area contributed by atoms with Crippen LogP contribution < -0.4 is 5.32 Å². The van der Waals surface area contributed by atoms with Crippen molar-refractivity contribution in [2.75, 3.05) is 46.5 Å². The number of guanidine groups is 1. The fourth-order valence-corrected chi connectivity index (χ4v) is 3.02. The van der Waals surface area contributed by atoms with Gasteiger partial charge in [-0.1, -0.05) is 11.6 Å². The van der Waals surface area contributed by atoms with Crippen LogP contribution in [0.3, 0.4) is 0 Å². The summed E-state index contributed by atoms with van der Waals surface area (Å²) in [4.78, 5) is 18.6. The number of ether oxygens (including phenoxy) is 2. The third kappa shape index (κ3) is 6.58. The molecule has 1 fully saturated rings. The van der Waals surface area contributed by atoms with E-state index in [1.807, 2.05) is 0 Å². The zero-order valence-electron chi connectivity index (χ0n) is 14.8. The van der Waals surface area contributed by atoms with Crippen LogP contribution in [0.25, 0.3) is 0 Å². The first-order chi connectivity index (χ1) is 11.2. The Labute approximate surface area is 162 Å². The smallest absolute Gasteiger partial charge is 0.308 e. The maximum Gasteiger partial charge on any atom is 0.308 e. The van der Waals surface area contributed by atoms with Gasteiger partial charge in [0.05, 0.1) is 26.2 Å². The molecule has 138 valence electrons. The number of methoxy groups -OCH3 is 1. The van der Waals surface area contributed by atoms with Gasteiger partial charge < -0.3 is 19.7 Å². The molecule has 0 saturated carbocycles. The number of likely N-dealkylation sites (tertiary alicyclic amines) is 1. The van der Waals surface area contributed by atoms with Crippen molar-refractivity contribution in [3.63, 3.8) is 0 Å². The molecule has 1 saturated heterocycles. The molecular formula is C17H30IN3O3. The lowest BCUT2D eigenvalue weighted by molar-refractivity contribution is -0.146. The Morgan fingerprint density at radius 1 is 1.46 bits per heavy atom. The first-order valence-corrected chi connectivity index (χ1v) is 8.61. The van der Waals surface area contributed by atoms with Crippen molar-refractivity contribution in [3.8, 4) is 0 Å². The minimum absolute atomic E-state index is 0. The highest BCUT2D eigenvalue weighted by Gasteiger charge is 2.26. The number of rotatable bonds is 5. The second-order valence-electron chi connectivity index (χ2n) is 5.96. The van der Waals surface area contributed by atoms with Gasteiger partial charge in [0.25, 0.3) is 0 Å². The van der Waals surface area contributed by atoms with Crippen molar-refractivity contribution in [3.05, 3.63) is 11.6 Å². The molecule has 2 rings (SSSR count). The number of hydrogen-bond acceptors (Lipinski definition) is 4. The molecule has 0 amide bonds. The highest BCUT2D eigenvalue weighted by Crippen LogP contribution is 2.18. The van der Waals surface area contributed by atoms with E-state index in [4.69, 9.17) is 14.5 Å². The Kier molecular flexibility index (Phi) is 10.3. The Morgan fingerprint density at radius 3 is 2.79 bits per heavy atom. The Bertz CT molecular complexity index is 446. The quantitative estimate of drug-likeness (QED) is 0.228. The maximum atomic E-state index is 11.6. The fourth-order valence-electron chi connectivity index (χ4n) is 3.02. The largest absolute Gasteiger partial charge is 0.469 e. The van der Waals surface area contributed by atoms with Gasteiger partial charge in [-0.25, -0.2) is 0 Å². The first-order valence-electron chi connectivity index (χ1n) is 8.61. The number of halogens is 1. The van der Waals surface area contributed by atoms with Gasteiger partial charge in [0.15, 0.2) is 5.96 Å². The summed E-state index contributed by atoms with van der Waals surface area (Å²) < 4.78 is 10.2. The summed E-state index contributed by atoms with van der Waals surface area (Å²) >= 11 is 0. The zero-order chi connectivity index (χ0) is 16.5. The minimum Gasteiger partial charge on any atom is -0.469 e. The predicted octanol–water partition coefficient (Wildman–Crippen LogP) is 2.19. The van der Waals surface area contributed by atoms with E-state index in [2.05, 4.69) is 23.2 Å². The molecule has 0 bridgehead atoms. The topological polar surface area (TPSA) is 63.2 Å². The molecule has 1 N–H and O–H groups in total. The first kappa shape index (κ1) is 21.2. The molecule has 24 heavy (non-hydrogen) atoms. The molecule has 0 spiro atoms. The van der Waals surface area contributed by atoms with Crippen molar-refractivity contribution in [2.24, 2.45) is 10.9 Å². The summed E-state index contributed by atoms with van der Waals surface area (Å²) in [7, 11) is 1.46. The summed E-state index contributed by atoms with van der Waals surface area (Å²) in [5, 5.41) is 3.36. The highest BCUT2D eigenvalue weighted by atomic mass is 127. The normalized spacial score (nSPS) is 19.3. The van der Waals surface area contributed by atoms with Crippen molar-refractivity contribution in [1.29, 1.82) is 0 Å². The summed E-state index contributed by atoms with van der Waals surface area (Å²) in [6, 6.07) is 0. The Hall–Kier alpha value is -0.830. The molecule has 0 aromatic carbocycles. The van der Waals surface area contributed by atoms with Crippen molar-refractivity contribution < 1.29 is 14.3 Å². The van der Waals surface area contributed by atoms with Crippen LogP contribution in [-0.2, 0) is 14.3 Å². The van der Waals surface area contributed by atoms with Gasteiger partial charge in [0.2, 0.25) is 0 Å². The van der Waals surface area contributed by atoms with Crippen LogP contribution in [0.5, 0.6) is 0 Å². The van der Waals surface area contributed by atoms with Crippen LogP contribution in [0, 0.1) is 5.92 Å². The second-order valence-corrected chi connectivity index (χ2v) is 5.96. The van der Waals surface area contributed by atoms with E-state index in [9.17, 15) is 4.79 Å². The monoisotopic (exact) mass is 451 g/mol. The van der Waals surface area contributed by atoms with Crippen LogP contribution in [0.15, 0.2) is 16.6 Å². The fraction of sp³-hybridized carbons (Fsp3) is 0.765. The second kappa shape index (κ2) is 11.7. The summed E-state index contributed by atoms with van der Waals surface area (Å²) in [5.41, 5.74) is 1.44. The van der Waals surface area contributed by atoms with E-state index >= 15 is 0 Å². The third-order valence-corrected chi connectivity index (χ3v) is 4.42. The van der Waals surface area contributed by atoms with E-state index in [1.165, 1.54) is 12.7 Å². The number of hydrogen-bond donors (Lipinski definition) is 1. The average Bonchev–Trinajstić information content (AvgIpc) is 2.61. The van der Waals surface area contributed by atoms with Gasteiger partial charge in [-0.2, -0.15) is 0 Å². The highest BCUT2D eigenvalue weighted by molar-refractivity contribution is 14.0. The molecule has 0 atom stereocenters. The number of carbonyl (C=O) groups is 1. The van der Waals surface area contributed by atoms with Gasteiger partial charge >= 0.3 is 5.97 Å². The van der Waals surface area contributed by atoms with Crippen LogP contribution in [0.1, 0.15) is 32.6 Å². The van der Waals surface area contributed by atoms with Gasteiger partial charge in [-0.05, 0) is 32.6 Å². The zero-order valence-corrected chi connectivity index (χ0v) is 17.1. The summed E-state index contributed by atoms with van der Waals surface area (Å²) in [5.74, 6) is 0.910. The molecule has 2 aliphatic heterocycles. The van der Waals surface area contributed by atoms with Gasteiger partial charge in [-0.15, -0.1) is 24.0 Å². The number of carbonyl (C=O) groups excluding carboxylic acids is 1. The molecule has 6 nitrogen and oxygen atoms in total. The standard InChI is InChI=1S/C17H29N3O3.HI/c1-3-18-17(19-9-4-14-7-12-23-13-8-14)20-10-5-15(6-11-20)16(21)22-2;/h7,15H,3-6,8-13H2,1-2H3,(H,18,19);1H. The lowest BCUT2D eigenvalue weighted by Crippen LogP contribution is -2.46. The van der Waals surface area contributed by atoms with Gasteiger partial charge in [-0.3, -0.25) is 9.79 Å². The summed E-state index contributed by atoms with van der Waals surface area (Å²) in [6.07, 6.45) is 5.86. The molecule has 0 aliphatic carbocycles. The molecule has 2 heterocycles. The van der Waals surface area contributed by atoms with E-state index in [-0.39, 0.29) is 35.9 Å². The van der Waals surface area contributed by atoms with Gasteiger partial charge in [0, 0.05) is 26.2 Å². The van der Waals surface area contributed by atoms with E-state index < -0.39 is 0 Å².